The number of amides is 2. The highest BCUT2D eigenvalue weighted by molar-refractivity contribution is 5.96. The molecule has 1 aromatic rings. The Kier molecular flexibility index (Phi) is 6.83. The topological polar surface area (TPSA) is 84.7 Å². The van der Waals surface area contributed by atoms with Crippen LogP contribution in [0.4, 0.5) is 18.9 Å². The summed E-state index contributed by atoms with van der Waals surface area (Å²) in [4.78, 5) is 26.6. The van der Waals surface area contributed by atoms with Crippen LogP contribution in [-0.2, 0) is 20.5 Å². The van der Waals surface area contributed by atoms with Gasteiger partial charge in [-0.15, -0.1) is 0 Å². The van der Waals surface area contributed by atoms with E-state index in [9.17, 15) is 22.8 Å². The molecule has 0 saturated carbocycles. The third-order valence-electron chi connectivity index (χ3n) is 4.80. The number of para-hydroxylation sites is 1. The van der Waals surface area contributed by atoms with Crippen molar-refractivity contribution < 1.29 is 27.5 Å². The first-order chi connectivity index (χ1) is 12.7. The number of benzene rings is 1. The van der Waals surface area contributed by atoms with Crippen molar-refractivity contribution in [3.8, 4) is 0 Å². The molecule has 27 heavy (non-hydrogen) atoms. The Balaban J connectivity index is 2.11. The second kappa shape index (κ2) is 8.71. The number of halogens is 3. The summed E-state index contributed by atoms with van der Waals surface area (Å²) in [6.07, 6.45) is -3.68. The Morgan fingerprint density at radius 2 is 1.89 bits per heavy atom. The van der Waals surface area contributed by atoms with Crippen LogP contribution >= 0.6 is 0 Å². The Bertz CT molecular complexity index is 673. The van der Waals surface area contributed by atoms with Gasteiger partial charge in [0.05, 0.1) is 23.2 Å². The maximum absolute atomic E-state index is 13.1. The quantitative estimate of drug-likeness (QED) is 0.784. The minimum Gasteiger partial charge on any atom is -0.381 e. The zero-order chi connectivity index (χ0) is 20.1. The molecule has 6 nitrogen and oxygen atoms in total. The lowest BCUT2D eigenvalue weighted by Crippen LogP contribution is -2.52. The summed E-state index contributed by atoms with van der Waals surface area (Å²) in [6, 6.07) is 4.72. The summed E-state index contributed by atoms with van der Waals surface area (Å²) in [5.41, 5.74) is 3.76. The molecule has 1 aromatic carbocycles. The third-order valence-corrected chi connectivity index (χ3v) is 4.80. The fourth-order valence-corrected chi connectivity index (χ4v) is 3.13. The predicted molar refractivity (Wildman–Crippen MR) is 93.9 cm³/mol. The van der Waals surface area contributed by atoms with Crippen molar-refractivity contribution in [1.82, 2.24) is 4.90 Å². The molecule has 0 spiro atoms. The van der Waals surface area contributed by atoms with Crippen LogP contribution in [0.2, 0.25) is 0 Å². The molecular formula is C18H24F3N3O3. The number of ether oxygens (including phenoxy) is 1. The number of hydrogen-bond acceptors (Lipinski definition) is 4. The predicted octanol–water partition coefficient (Wildman–Crippen LogP) is 2.25. The van der Waals surface area contributed by atoms with Crippen LogP contribution in [0.1, 0.15) is 25.3 Å². The van der Waals surface area contributed by atoms with E-state index in [1.54, 1.807) is 6.92 Å². The lowest BCUT2D eigenvalue weighted by atomic mass is 9.79. The van der Waals surface area contributed by atoms with Gasteiger partial charge in [0.1, 0.15) is 0 Å². The number of carbonyl (C=O) groups is 2. The van der Waals surface area contributed by atoms with Gasteiger partial charge >= 0.3 is 6.18 Å². The molecule has 0 radical (unpaired) electrons. The van der Waals surface area contributed by atoms with E-state index in [2.05, 4.69) is 5.32 Å². The molecule has 2 rings (SSSR count). The molecule has 2 amide bonds. The van der Waals surface area contributed by atoms with Gasteiger partial charge in [-0.3, -0.25) is 9.59 Å². The van der Waals surface area contributed by atoms with E-state index in [1.165, 1.54) is 23.1 Å². The van der Waals surface area contributed by atoms with E-state index in [4.69, 9.17) is 10.5 Å². The van der Waals surface area contributed by atoms with Crippen molar-refractivity contribution in [3.05, 3.63) is 29.8 Å². The average molecular weight is 387 g/mol. The van der Waals surface area contributed by atoms with E-state index in [0.29, 0.717) is 26.1 Å². The lowest BCUT2D eigenvalue weighted by molar-refractivity contribution is -0.148. The molecule has 1 fully saturated rings. The SMILES string of the molecule is CCN(CC(=O)Nc1ccccc1C(F)(F)F)C(=O)C1(CN)CCOCC1. The smallest absolute Gasteiger partial charge is 0.381 e. The number of likely N-dealkylation sites (N-methyl/N-ethyl adjacent to an activating group) is 1. The van der Waals surface area contributed by atoms with Gasteiger partial charge in [0, 0.05) is 26.3 Å². The molecule has 0 atom stereocenters. The monoisotopic (exact) mass is 387 g/mol. The van der Waals surface area contributed by atoms with E-state index < -0.39 is 23.1 Å². The van der Waals surface area contributed by atoms with Gasteiger partial charge in [0.2, 0.25) is 11.8 Å². The van der Waals surface area contributed by atoms with Crippen molar-refractivity contribution in [2.75, 3.05) is 38.2 Å². The van der Waals surface area contributed by atoms with E-state index in [0.717, 1.165) is 6.07 Å². The van der Waals surface area contributed by atoms with Crippen molar-refractivity contribution in [1.29, 1.82) is 0 Å². The summed E-state index contributed by atoms with van der Waals surface area (Å²) >= 11 is 0. The molecule has 9 heteroatoms. The largest absolute Gasteiger partial charge is 0.418 e. The minimum absolute atomic E-state index is 0.129. The standard InChI is InChI=1S/C18H24F3N3O3/c1-2-24(16(26)17(12-22)7-9-27-10-8-17)11-15(25)23-14-6-4-3-5-13(14)18(19,20)21/h3-6H,2,7-12,22H2,1H3,(H,23,25). The number of carbonyl (C=O) groups excluding carboxylic acids is 2. The molecule has 1 aliphatic heterocycles. The summed E-state index contributed by atoms with van der Waals surface area (Å²) in [5.74, 6) is -0.962. The molecule has 0 unspecified atom stereocenters. The number of rotatable bonds is 6. The Labute approximate surface area is 155 Å². The summed E-state index contributed by atoms with van der Waals surface area (Å²) in [7, 11) is 0. The van der Waals surface area contributed by atoms with Crippen molar-refractivity contribution in [2.24, 2.45) is 11.1 Å². The first kappa shape index (κ1) is 21.2. The summed E-state index contributed by atoms with van der Waals surface area (Å²) < 4.78 is 44.4. The Morgan fingerprint density at radius 3 is 2.44 bits per heavy atom. The van der Waals surface area contributed by atoms with Gasteiger partial charge < -0.3 is 20.7 Å². The van der Waals surface area contributed by atoms with E-state index in [-0.39, 0.29) is 31.2 Å². The van der Waals surface area contributed by atoms with Gasteiger partial charge in [0.25, 0.3) is 0 Å². The van der Waals surface area contributed by atoms with Crippen LogP contribution in [-0.4, -0.2) is 49.6 Å². The number of hydrogen-bond donors (Lipinski definition) is 2. The molecule has 150 valence electrons. The average Bonchev–Trinajstić information content (AvgIpc) is 2.65. The highest BCUT2D eigenvalue weighted by atomic mass is 19.4. The minimum atomic E-state index is -4.59. The van der Waals surface area contributed by atoms with Gasteiger partial charge in [-0.25, -0.2) is 0 Å². The normalized spacial score (nSPS) is 16.6. The van der Waals surface area contributed by atoms with Crippen LogP contribution in [0.25, 0.3) is 0 Å². The number of nitrogens with one attached hydrogen (secondary N) is 1. The number of alkyl halides is 3. The summed E-state index contributed by atoms with van der Waals surface area (Å²) in [6.45, 7) is 2.56. The van der Waals surface area contributed by atoms with Crippen molar-refractivity contribution in [2.45, 2.75) is 25.9 Å². The number of anilines is 1. The second-order valence-electron chi connectivity index (χ2n) is 6.51. The van der Waals surface area contributed by atoms with Crippen LogP contribution in [0, 0.1) is 5.41 Å². The van der Waals surface area contributed by atoms with Gasteiger partial charge in [-0.2, -0.15) is 13.2 Å². The van der Waals surface area contributed by atoms with Gasteiger partial charge in [-0.05, 0) is 31.9 Å². The van der Waals surface area contributed by atoms with Gasteiger partial charge in [-0.1, -0.05) is 12.1 Å². The van der Waals surface area contributed by atoms with E-state index in [1.807, 2.05) is 0 Å². The maximum Gasteiger partial charge on any atom is 0.418 e. The lowest BCUT2D eigenvalue weighted by Gasteiger charge is -2.38. The molecule has 0 bridgehead atoms. The molecule has 0 aliphatic carbocycles. The van der Waals surface area contributed by atoms with E-state index >= 15 is 0 Å². The fraction of sp³-hybridized carbons (Fsp3) is 0.556. The molecular weight excluding hydrogens is 363 g/mol. The first-order valence-corrected chi connectivity index (χ1v) is 8.77. The highest BCUT2D eigenvalue weighted by Crippen LogP contribution is 2.35. The summed E-state index contributed by atoms with van der Waals surface area (Å²) in [5, 5.41) is 2.26. The van der Waals surface area contributed by atoms with Crippen LogP contribution in [0.5, 0.6) is 0 Å². The molecule has 1 heterocycles. The first-order valence-electron chi connectivity index (χ1n) is 8.77. The molecule has 3 N–H and O–H groups in total. The van der Waals surface area contributed by atoms with Crippen molar-refractivity contribution >= 4 is 17.5 Å². The Hall–Kier alpha value is -2.13. The van der Waals surface area contributed by atoms with Crippen molar-refractivity contribution in [3.63, 3.8) is 0 Å². The zero-order valence-corrected chi connectivity index (χ0v) is 15.1. The third kappa shape index (κ3) is 4.98. The van der Waals surface area contributed by atoms with Crippen LogP contribution < -0.4 is 11.1 Å². The molecule has 1 aliphatic rings. The zero-order valence-electron chi connectivity index (χ0n) is 15.1. The van der Waals surface area contributed by atoms with Gasteiger partial charge in [0.15, 0.2) is 0 Å². The fourth-order valence-electron chi connectivity index (χ4n) is 3.13. The number of nitrogens with zero attached hydrogens (tertiary/aromatic N) is 1. The molecule has 0 aromatic heterocycles. The number of nitrogens with two attached hydrogens (primary N) is 1. The van der Waals surface area contributed by atoms with Crippen LogP contribution in [0.15, 0.2) is 24.3 Å². The molecule has 1 saturated heterocycles. The highest BCUT2D eigenvalue weighted by Gasteiger charge is 2.41. The Morgan fingerprint density at radius 1 is 1.26 bits per heavy atom. The van der Waals surface area contributed by atoms with Crippen LogP contribution in [0.3, 0.4) is 0 Å². The second-order valence-corrected chi connectivity index (χ2v) is 6.51. The maximum atomic E-state index is 13.1.